The van der Waals surface area contributed by atoms with Crippen molar-refractivity contribution in [1.29, 1.82) is 0 Å². The van der Waals surface area contributed by atoms with Crippen molar-refractivity contribution >= 4 is 25.8 Å². The third kappa shape index (κ3) is 11.4. The van der Waals surface area contributed by atoms with Crippen LogP contribution in [0, 0.1) is 0 Å². The van der Waals surface area contributed by atoms with Gasteiger partial charge in [0, 0.05) is 7.26 Å². The highest BCUT2D eigenvalue weighted by Gasteiger charge is 2.29. The number of hydrogen-bond acceptors (Lipinski definition) is 0. The zero-order chi connectivity index (χ0) is 24.3. The zero-order valence-corrected chi connectivity index (χ0v) is 24.5. The summed E-state index contributed by atoms with van der Waals surface area (Å²) < 4.78 is 0. The van der Waals surface area contributed by atoms with Gasteiger partial charge in [0.2, 0.25) is 0 Å². The first-order chi connectivity index (χ1) is 16.7. The van der Waals surface area contributed by atoms with Crippen LogP contribution in [0.4, 0.5) is 0 Å². The van der Waals surface area contributed by atoms with Crippen LogP contribution < -0.4 is 10.6 Å². The topological polar surface area (TPSA) is 0 Å². The molecule has 2 aromatic rings. The van der Waals surface area contributed by atoms with Crippen molar-refractivity contribution in [3.05, 3.63) is 60.7 Å². The smallest absolute Gasteiger partial charge is 0.0594 e. The average Bonchev–Trinajstić information content (AvgIpc) is 2.90. The van der Waals surface area contributed by atoms with E-state index in [9.17, 15) is 0 Å². The first kappa shape index (κ1) is 29.5. The van der Waals surface area contributed by atoms with Gasteiger partial charge in [0.05, 0.1) is 24.6 Å². The second kappa shape index (κ2) is 18.6. The molecule has 34 heavy (non-hydrogen) atoms. The number of unbranched alkanes of at least 4 members (excludes halogenated alkanes) is 11. The molecule has 0 nitrogen and oxygen atoms in total. The summed E-state index contributed by atoms with van der Waals surface area (Å²) in [6, 6.07) is 22.4. The predicted octanol–water partition coefficient (Wildman–Crippen LogP) is 9.88. The first-order valence-corrected chi connectivity index (χ1v) is 18.5. The Kier molecular flexibility index (Phi) is 16.1. The van der Waals surface area contributed by atoms with Gasteiger partial charge >= 0.3 is 0 Å². The molecule has 0 saturated carbocycles. The molecule has 0 aliphatic heterocycles. The molecule has 2 aromatic carbocycles. The first-order valence-electron chi connectivity index (χ1n) is 14.5. The normalized spacial score (nSPS) is 11.9. The Morgan fingerprint density at radius 3 is 1.21 bits per heavy atom. The summed E-state index contributed by atoms with van der Waals surface area (Å²) in [5.41, 5.74) is 0. The largest absolute Gasteiger partial charge is 0.0622 e. The Morgan fingerprint density at radius 1 is 0.471 bits per heavy atom. The van der Waals surface area contributed by atoms with Gasteiger partial charge in [-0.15, -0.1) is 0 Å². The van der Waals surface area contributed by atoms with E-state index >= 15 is 0 Å². The lowest BCUT2D eigenvalue weighted by atomic mass is 10.1. The number of rotatable bonds is 20. The molecule has 0 aliphatic carbocycles. The number of benzene rings is 2. The van der Waals surface area contributed by atoms with E-state index in [0.717, 1.165) is 0 Å². The van der Waals surface area contributed by atoms with Gasteiger partial charge in [-0.2, -0.15) is 0 Å². The highest BCUT2D eigenvalue weighted by atomic mass is 31.2. The van der Waals surface area contributed by atoms with Crippen molar-refractivity contribution in [1.82, 2.24) is 0 Å². The Labute approximate surface area is 214 Å². The van der Waals surface area contributed by atoms with Crippen LogP contribution in [0.3, 0.4) is 0 Å². The van der Waals surface area contributed by atoms with Crippen molar-refractivity contribution < 1.29 is 0 Å². The molecule has 0 heterocycles. The summed E-state index contributed by atoms with van der Waals surface area (Å²) >= 11 is 0. The quantitative estimate of drug-likeness (QED) is 0.126. The lowest BCUT2D eigenvalue weighted by Crippen LogP contribution is -2.13. The van der Waals surface area contributed by atoms with E-state index in [-0.39, 0.29) is 7.92 Å². The van der Waals surface area contributed by atoms with Gasteiger partial charge in [0.25, 0.3) is 0 Å². The van der Waals surface area contributed by atoms with E-state index in [4.69, 9.17) is 0 Å². The van der Waals surface area contributed by atoms with E-state index < -0.39 is 7.26 Å². The molecule has 0 bridgehead atoms. The fourth-order valence-electron chi connectivity index (χ4n) is 5.25. The fraction of sp³-hybridized carbons (Fsp3) is 0.625. The van der Waals surface area contributed by atoms with Gasteiger partial charge in [-0.05, 0) is 64.7 Å². The Balaban J connectivity index is 1.47. The van der Waals surface area contributed by atoms with Crippen molar-refractivity contribution in [2.75, 3.05) is 30.8 Å². The Bertz CT molecular complexity index is 661. The minimum absolute atomic E-state index is 0.198. The molecule has 0 atom stereocenters. The van der Waals surface area contributed by atoms with Crippen LogP contribution in [0.5, 0.6) is 0 Å². The monoisotopic (exact) mass is 499 g/mol. The Morgan fingerprint density at radius 2 is 0.824 bits per heavy atom. The summed E-state index contributed by atoms with van der Waals surface area (Å²) in [6.45, 7) is 7.31. The summed E-state index contributed by atoms with van der Waals surface area (Å²) in [5.74, 6) is 0. The highest BCUT2D eigenvalue weighted by molar-refractivity contribution is 7.75. The molecule has 0 aromatic heterocycles. The molecule has 0 aliphatic rings. The van der Waals surface area contributed by atoms with Gasteiger partial charge < -0.3 is 0 Å². The minimum Gasteiger partial charge on any atom is -0.0622 e. The predicted molar refractivity (Wildman–Crippen MR) is 163 cm³/mol. The van der Waals surface area contributed by atoms with Gasteiger partial charge in [0.1, 0.15) is 0 Å². The van der Waals surface area contributed by atoms with Crippen LogP contribution in [0.15, 0.2) is 60.7 Å². The molecule has 0 saturated heterocycles. The molecule has 2 heteroatoms. The molecule has 0 radical (unpaired) electrons. The lowest BCUT2D eigenvalue weighted by molar-refractivity contribution is 0.548. The van der Waals surface area contributed by atoms with E-state index in [1.54, 1.807) is 6.16 Å². The van der Waals surface area contributed by atoms with Crippen LogP contribution in [0.25, 0.3) is 0 Å². The number of hydrogen-bond donors (Lipinski definition) is 0. The second-order valence-corrected chi connectivity index (χ2v) is 17.4. The van der Waals surface area contributed by atoms with Gasteiger partial charge in [-0.25, -0.2) is 0 Å². The van der Waals surface area contributed by atoms with Crippen LogP contribution in [0.2, 0.25) is 0 Å². The molecule has 0 N–H and O–H groups in total. The summed E-state index contributed by atoms with van der Waals surface area (Å²) in [7, 11) is -0.756. The molecule has 0 fully saturated rings. The third-order valence-corrected chi connectivity index (χ3v) is 15.8. The van der Waals surface area contributed by atoms with Crippen LogP contribution in [-0.4, -0.2) is 30.8 Å². The standard InChI is InChI=1S/C32H53P2/c1-4-34(5-2,6-3)30-24-16-14-12-10-8-7-9-11-13-15-23-29-33(31-25-19-17-20-26-31)32-27-21-18-22-28-32/h17-22,25-28H,4-16,23-24,29-30H2,1-3H3/q+1. The molecule has 190 valence electrons. The van der Waals surface area contributed by atoms with E-state index in [0.29, 0.717) is 0 Å². The van der Waals surface area contributed by atoms with E-state index in [1.165, 1.54) is 112 Å². The molecule has 2 rings (SSSR count). The maximum atomic E-state index is 2.44. The minimum atomic E-state index is -0.557. The Hall–Kier alpha value is -0.700. The van der Waals surface area contributed by atoms with Crippen LogP contribution in [-0.2, 0) is 0 Å². The third-order valence-electron chi connectivity index (χ3n) is 7.91. The molecular formula is C32H53P2+. The molecule has 0 unspecified atom stereocenters. The highest BCUT2D eigenvalue weighted by Crippen LogP contribution is 2.58. The molecule has 0 amide bonds. The van der Waals surface area contributed by atoms with Gasteiger partial charge in [-0.3, -0.25) is 0 Å². The maximum absolute atomic E-state index is 2.44. The maximum Gasteiger partial charge on any atom is 0.0594 e. The summed E-state index contributed by atoms with van der Waals surface area (Å²) in [6.07, 6.45) is 24.7. The molecule has 0 spiro atoms. The van der Waals surface area contributed by atoms with Crippen LogP contribution >= 0.6 is 15.2 Å². The van der Waals surface area contributed by atoms with Crippen molar-refractivity contribution in [2.24, 2.45) is 0 Å². The van der Waals surface area contributed by atoms with E-state index in [1.807, 2.05) is 0 Å². The SMILES string of the molecule is CC[P+](CC)(CC)CCCCCCCCCCCCCCP(c1ccccc1)c1ccccc1. The second-order valence-electron chi connectivity index (χ2n) is 10.1. The summed E-state index contributed by atoms with van der Waals surface area (Å²) in [4.78, 5) is 0. The fourth-order valence-corrected chi connectivity index (χ4v) is 10.9. The van der Waals surface area contributed by atoms with Gasteiger partial charge in [0.15, 0.2) is 0 Å². The van der Waals surface area contributed by atoms with E-state index in [2.05, 4.69) is 81.4 Å². The van der Waals surface area contributed by atoms with Crippen molar-refractivity contribution in [2.45, 2.75) is 97.8 Å². The van der Waals surface area contributed by atoms with Crippen LogP contribution in [0.1, 0.15) is 97.8 Å². The van der Waals surface area contributed by atoms with Crippen molar-refractivity contribution in [3.63, 3.8) is 0 Å². The van der Waals surface area contributed by atoms with Gasteiger partial charge in [-0.1, -0.05) is 118 Å². The zero-order valence-electron chi connectivity index (χ0n) is 22.7. The average molecular weight is 500 g/mol. The van der Waals surface area contributed by atoms with Crippen molar-refractivity contribution in [3.8, 4) is 0 Å². The summed E-state index contributed by atoms with van der Waals surface area (Å²) in [5, 5.41) is 3.07. The lowest BCUT2D eigenvalue weighted by Gasteiger charge is -2.23. The molecular weight excluding hydrogens is 446 g/mol.